The zero-order valence-electron chi connectivity index (χ0n) is 12.2. The van der Waals surface area contributed by atoms with Gasteiger partial charge < -0.3 is 14.4 Å². The lowest BCUT2D eigenvalue weighted by atomic mass is 10.2. The normalized spacial score (nSPS) is 10.7. The standard InChI is InChI=1S/C16H20N2O3/c1-3-10-18-14-9-8-12(21-4-2)11-13(14)17-15(18)6-5-7-16(19)20/h3,8-9,11H,1,4-7,10H2,2H3,(H,19,20). The molecule has 0 spiro atoms. The number of aliphatic carboxylic acids is 1. The molecule has 0 fully saturated rings. The Balaban J connectivity index is 2.31. The number of ether oxygens (including phenoxy) is 1. The summed E-state index contributed by atoms with van der Waals surface area (Å²) in [5.74, 6) is 0.908. The SMILES string of the molecule is C=CCn1c(CCCC(=O)O)nc2cc(OCC)ccc21. The topological polar surface area (TPSA) is 64.4 Å². The van der Waals surface area contributed by atoms with Crippen LogP contribution >= 0.6 is 0 Å². The van der Waals surface area contributed by atoms with Gasteiger partial charge in [0.2, 0.25) is 0 Å². The van der Waals surface area contributed by atoms with E-state index in [4.69, 9.17) is 9.84 Å². The van der Waals surface area contributed by atoms with Crippen molar-refractivity contribution >= 4 is 17.0 Å². The summed E-state index contributed by atoms with van der Waals surface area (Å²) in [5, 5.41) is 8.74. The first-order valence-electron chi connectivity index (χ1n) is 7.10. The van der Waals surface area contributed by atoms with Gasteiger partial charge in [0.25, 0.3) is 0 Å². The summed E-state index contributed by atoms with van der Waals surface area (Å²) >= 11 is 0. The van der Waals surface area contributed by atoms with Gasteiger partial charge in [-0.2, -0.15) is 0 Å². The van der Waals surface area contributed by atoms with Crippen molar-refractivity contribution in [3.05, 3.63) is 36.7 Å². The molecular weight excluding hydrogens is 268 g/mol. The zero-order valence-corrected chi connectivity index (χ0v) is 12.2. The molecule has 0 radical (unpaired) electrons. The van der Waals surface area contributed by atoms with E-state index >= 15 is 0 Å². The van der Waals surface area contributed by atoms with Crippen LogP contribution in [0.15, 0.2) is 30.9 Å². The number of carboxylic acid groups (broad SMARTS) is 1. The Morgan fingerprint density at radius 1 is 1.52 bits per heavy atom. The largest absolute Gasteiger partial charge is 0.494 e. The number of hydrogen-bond acceptors (Lipinski definition) is 3. The molecule has 1 heterocycles. The third kappa shape index (κ3) is 3.62. The van der Waals surface area contributed by atoms with Gasteiger partial charge >= 0.3 is 5.97 Å². The van der Waals surface area contributed by atoms with Crippen LogP contribution in [0, 0.1) is 0 Å². The molecule has 2 aromatic rings. The molecule has 0 aliphatic carbocycles. The summed E-state index contributed by atoms with van der Waals surface area (Å²) in [5.41, 5.74) is 1.89. The molecule has 0 amide bonds. The van der Waals surface area contributed by atoms with Crippen LogP contribution in [0.1, 0.15) is 25.6 Å². The third-order valence-corrected chi connectivity index (χ3v) is 3.21. The van der Waals surface area contributed by atoms with Crippen molar-refractivity contribution in [3.63, 3.8) is 0 Å². The maximum atomic E-state index is 10.6. The Kier molecular flexibility index (Phi) is 4.98. The Morgan fingerprint density at radius 2 is 2.33 bits per heavy atom. The fraction of sp³-hybridized carbons (Fsp3) is 0.375. The second kappa shape index (κ2) is 6.92. The highest BCUT2D eigenvalue weighted by atomic mass is 16.5. The van der Waals surface area contributed by atoms with Gasteiger partial charge in [-0.15, -0.1) is 6.58 Å². The molecule has 0 atom stereocenters. The van der Waals surface area contributed by atoms with E-state index in [1.165, 1.54) is 0 Å². The second-order valence-corrected chi connectivity index (χ2v) is 4.76. The monoisotopic (exact) mass is 288 g/mol. The molecule has 0 bridgehead atoms. The zero-order chi connectivity index (χ0) is 15.2. The number of aromatic nitrogens is 2. The van der Waals surface area contributed by atoms with Crippen LogP contribution in [0.4, 0.5) is 0 Å². The van der Waals surface area contributed by atoms with Crippen molar-refractivity contribution in [2.24, 2.45) is 0 Å². The van der Waals surface area contributed by atoms with Gasteiger partial charge in [-0.05, 0) is 25.5 Å². The van der Waals surface area contributed by atoms with E-state index in [2.05, 4.69) is 16.1 Å². The lowest BCUT2D eigenvalue weighted by molar-refractivity contribution is -0.137. The first-order chi connectivity index (χ1) is 10.2. The van der Waals surface area contributed by atoms with Gasteiger partial charge in [-0.3, -0.25) is 4.79 Å². The van der Waals surface area contributed by atoms with Crippen LogP contribution in [-0.2, 0) is 17.8 Å². The van der Waals surface area contributed by atoms with E-state index in [1.54, 1.807) is 0 Å². The molecule has 1 N–H and O–H groups in total. The highest BCUT2D eigenvalue weighted by molar-refractivity contribution is 5.78. The van der Waals surface area contributed by atoms with E-state index in [0.29, 0.717) is 26.0 Å². The van der Waals surface area contributed by atoms with Crippen molar-refractivity contribution in [1.82, 2.24) is 9.55 Å². The fourth-order valence-electron chi connectivity index (χ4n) is 2.34. The lowest BCUT2D eigenvalue weighted by Gasteiger charge is -2.06. The van der Waals surface area contributed by atoms with E-state index in [1.807, 2.05) is 31.2 Å². The molecule has 21 heavy (non-hydrogen) atoms. The van der Waals surface area contributed by atoms with Crippen LogP contribution in [-0.4, -0.2) is 27.2 Å². The number of carboxylic acids is 1. The van der Waals surface area contributed by atoms with Crippen LogP contribution in [0.25, 0.3) is 11.0 Å². The molecule has 0 unspecified atom stereocenters. The minimum Gasteiger partial charge on any atom is -0.494 e. The number of benzene rings is 1. The van der Waals surface area contributed by atoms with Gasteiger partial charge in [0.05, 0.1) is 17.6 Å². The summed E-state index contributed by atoms with van der Waals surface area (Å²) in [6.07, 6.45) is 3.19. The van der Waals surface area contributed by atoms with Crippen molar-refractivity contribution in [3.8, 4) is 5.75 Å². The summed E-state index contributed by atoms with van der Waals surface area (Å²) in [4.78, 5) is 15.2. The highest BCUT2D eigenvalue weighted by Crippen LogP contribution is 2.23. The number of imidazole rings is 1. The fourth-order valence-corrected chi connectivity index (χ4v) is 2.34. The number of fused-ring (bicyclic) bond motifs is 1. The Bertz CT molecular complexity index is 646. The molecule has 1 aromatic heterocycles. The van der Waals surface area contributed by atoms with Gasteiger partial charge in [0.1, 0.15) is 11.6 Å². The molecule has 5 heteroatoms. The number of hydrogen-bond donors (Lipinski definition) is 1. The van der Waals surface area contributed by atoms with Gasteiger partial charge in [-0.25, -0.2) is 4.98 Å². The molecule has 0 saturated heterocycles. The first kappa shape index (κ1) is 15.1. The third-order valence-electron chi connectivity index (χ3n) is 3.21. The summed E-state index contributed by atoms with van der Waals surface area (Å²) in [7, 11) is 0. The Labute approximate surface area is 123 Å². The summed E-state index contributed by atoms with van der Waals surface area (Å²) < 4.78 is 7.56. The number of rotatable bonds is 8. The predicted octanol–water partition coefficient (Wildman–Crippen LogP) is 3.03. The molecule has 1 aromatic carbocycles. The van der Waals surface area contributed by atoms with Crippen molar-refractivity contribution in [2.75, 3.05) is 6.61 Å². The maximum Gasteiger partial charge on any atom is 0.303 e. The van der Waals surface area contributed by atoms with Gasteiger partial charge in [0, 0.05) is 25.5 Å². The molecule has 0 aliphatic rings. The number of aryl methyl sites for hydroxylation is 1. The minimum atomic E-state index is -0.778. The highest BCUT2D eigenvalue weighted by Gasteiger charge is 2.11. The molecule has 0 aliphatic heterocycles. The number of nitrogens with zero attached hydrogens (tertiary/aromatic N) is 2. The Hall–Kier alpha value is -2.30. The van der Waals surface area contributed by atoms with Crippen molar-refractivity contribution in [1.29, 1.82) is 0 Å². The second-order valence-electron chi connectivity index (χ2n) is 4.76. The summed E-state index contributed by atoms with van der Waals surface area (Å²) in [6.45, 7) is 6.99. The smallest absolute Gasteiger partial charge is 0.303 e. The maximum absolute atomic E-state index is 10.6. The van der Waals surface area contributed by atoms with E-state index < -0.39 is 5.97 Å². The number of allylic oxidation sites excluding steroid dienone is 1. The number of carbonyl (C=O) groups is 1. The summed E-state index contributed by atoms with van der Waals surface area (Å²) in [6, 6.07) is 5.82. The average Bonchev–Trinajstić information content (AvgIpc) is 2.77. The average molecular weight is 288 g/mol. The van der Waals surface area contributed by atoms with Crippen LogP contribution in [0.3, 0.4) is 0 Å². The first-order valence-corrected chi connectivity index (χ1v) is 7.10. The molecule has 0 saturated carbocycles. The van der Waals surface area contributed by atoms with Crippen molar-refractivity contribution in [2.45, 2.75) is 32.7 Å². The Morgan fingerprint density at radius 3 is 3.00 bits per heavy atom. The quantitative estimate of drug-likeness (QED) is 0.758. The van der Waals surface area contributed by atoms with Crippen LogP contribution in [0.2, 0.25) is 0 Å². The van der Waals surface area contributed by atoms with Crippen molar-refractivity contribution < 1.29 is 14.6 Å². The van der Waals surface area contributed by atoms with Gasteiger partial charge in [-0.1, -0.05) is 6.08 Å². The van der Waals surface area contributed by atoms with Crippen LogP contribution in [0.5, 0.6) is 5.75 Å². The van der Waals surface area contributed by atoms with Crippen LogP contribution < -0.4 is 4.74 Å². The molecule has 5 nitrogen and oxygen atoms in total. The predicted molar refractivity (Wildman–Crippen MR) is 81.7 cm³/mol. The van der Waals surface area contributed by atoms with Gasteiger partial charge in [0.15, 0.2) is 0 Å². The molecular formula is C16H20N2O3. The lowest BCUT2D eigenvalue weighted by Crippen LogP contribution is -2.04. The van der Waals surface area contributed by atoms with E-state index in [0.717, 1.165) is 22.6 Å². The van der Waals surface area contributed by atoms with E-state index in [-0.39, 0.29) is 6.42 Å². The van der Waals surface area contributed by atoms with E-state index in [9.17, 15) is 4.79 Å². The minimum absolute atomic E-state index is 0.154. The molecule has 2 rings (SSSR count). The molecule has 112 valence electrons.